The molecule has 4 N–H and O–H groups in total. The van der Waals surface area contributed by atoms with Gasteiger partial charge in [-0.25, -0.2) is 4.39 Å². The number of amides is 2. The van der Waals surface area contributed by atoms with E-state index >= 15 is 0 Å². The van der Waals surface area contributed by atoms with E-state index in [1.807, 2.05) is 31.1 Å². The zero-order chi connectivity index (χ0) is 22.4. The fourth-order valence-electron chi connectivity index (χ4n) is 3.85. The Morgan fingerprint density at radius 2 is 1.58 bits per heavy atom. The van der Waals surface area contributed by atoms with Gasteiger partial charge in [0.2, 0.25) is 0 Å². The molecule has 7 nitrogen and oxygen atoms in total. The number of carbonyl (C=O) groups excluding carboxylic acids is 2. The number of quaternary nitrogens is 2. The molecule has 1 saturated heterocycles. The number of nitrogens with one attached hydrogen (secondary N) is 4. The number of hydrogen-bond donors (Lipinski definition) is 4. The van der Waals surface area contributed by atoms with Crippen LogP contribution in [0.1, 0.15) is 11.6 Å². The fourth-order valence-corrected chi connectivity index (χ4v) is 3.85. The Balaban J connectivity index is 1.62. The number of likely N-dealkylation sites (N-methyl/N-ethyl adjacent to an activating group) is 1. The van der Waals surface area contributed by atoms with Crippen molar-refractivity contribution in [3.05, 3.63) is 59.9 Å². The highest BCUT2D eigenvalue weighted by Gasteiger charge is 2.30. The van der Waals surface area contributed by atoms with Crippen LogP contribution in [0.5, 0.6) is 0 Å². The summed E-state index contributed by atoms with van der Waals surface area (Å²) < 4.78 is 13.4. The summed E-state index contributed by atoms with van der Waals surface area (Å²) >= 11 is 0. The Morgan fingerprint density at radius 3 is 2.16 bits per heavy atom. The second kappa shape index (κ2) is 10.4. The molecular formula is C23H32FN5O2+2. The van der Waals surface area contributed by atoms with Gasteiger partial charge in [-0.15, -0.1) is 0 Å². The number of benzene rings is 2. The summed E-state index contributed by atoms with van der Waals surface area (Å²) in [6.07, 6.45) is 0. The fraction of sp³-hybridized carbons (Fsp3) is 0.391. The Bertz CT molecular complexity index is 878. The van der Waals surface area contributed by atoms with Crippen molar-refractivity contribution < 1.29 is 23.8 Å². The molecule has 0 radical (unpaired) electrons. The van der Waals surface area contributed by atoms with Crippen LogP contribution in [-0.4, -0.2) is 65.7 Å². The molecule has 1 atom stereocenters. The number of piperazine rings is 1. The highest BCUT2D eigenvalue weighted by molar-refractivity contribution is 6.39. The first-order chi connectivity index (χ1) is 14.8. The van der Waals surface area contributed by atoms with Crippen LogP contribution in [0.3, 0.4) is 0 Å². The molecule has 1 aliphatic rings. The number of carbonyl (C=O) groups is 2. The second-order valence-electron chi connectivity index (χ2n) is 8.32. The van der Waals surface area contributed by atoms with Crippen molar-refractivity contribution in [1.82, 2.24) is 5.32 Å². The van der Waals surface area contributed by atoms with Gasteiger partial charge in [0.15, 0.2) is 0 Å². The molecule has 2 aromatic carbocycles. The van der Waals surface area contributed by atoms with Crippen LogP contribution < -0.4 is 25.3 Å². The average Bonchev–Trinajstić information content (AvgIpc) is 2.76. The lowest BCUT2D eigenvalue weighted by Gasteiger charge is -2.33. The molecule has 0 spiro atoms. The first kappa shape index (κ1) is 22.7. The summed E-state index contributed by atoms with van der Waals surface area (Å²) in [7, 11) is 6.03. The molecule has 3 rings (SSSR count). The molecular weight excluding hydrogens is 397 g/mol. The van der Waals surface area contributed by atoms with Crippen molar-refractivity contribution in [3.8, 4) is 0 Å². The smallest absolute Gasteiger partial charge is 0.313 e. The maximum Gasteiger partial charge on any atom is 0.313 e. The molecule has 0 saturated carbocycles. The van der Waals surface area contributed by atoms with Crippen molar-refractivity contribution in [2.75, 3.05) is 64.1 Å². The van der Waals surface area contributed by atoms with E-state index in [1.165, 1.54) is 21.9 Å². The van der Waals surface area contributed by atoms with Crippen molar-refractivity contribution in [3.63, 3.8) is 0 Å². The second-order valence-corrected chi connectivity index (χ2v) is 8.32. The molecule has 1 heterocycles. The summed E-state index contributed by atoms with van der Waals surface area (Å²) in [5.74, 6) is -1.67. The normalized spacial score (nSPS) is 19.4. The molecule has 8 heteroatoms. The Morgan fingerprint density at radius 1 is 0.968 bits per heavy atom. The standard InChI is InChI=1S/C23H30FN5O2/c1-27(2)20-10-8-19(9-11-20)26-23(31)22(30)25-16-21(17-4-6-18(24)7-5-17)29-14-12-28(3)13-15-29/h4-11,21H,12-16H2,1-3H3,(H,25,30)(H,26,31)/p+2/t21-/m1/s1. The molecule has 0 bridgehead atoms. The number of anilines is 2. The molecule has 1 fully saturated rings. The molecule has 0 aromatic heterocycles. The first-order valence-corrected chi connectivity index (χ1v) is 10.6. The maximum atomic E-state index is 13.4. The van der Waals surface area contributed by atoms with Crippen molar-refractivity contribution in [2.24, 2.45) is 0 Å². The maximum absolute atomic E-state index is 13.4. The summed E-state index contributed by atoms with van der Waals surface area (Å²) in [5, 5.41) is 5.41. The van der Waals surface area contributed by atoms with Crippen LogP contribution in [0.2, 0.25) is 0 Å². The summed E-state index contributed by atoms with van der Waals surface area (Å²) in [5.41, 5.74) is 2.52. The third-order valence-corrected chi connectivity index (χ3v) is 5.83. The van der Waals surface area contributed by atoms with Gasteiger partial charge in [-0.05, 0) is 36.4 Å². The SMILES string of the molecule is CN(C)c1ccc(NC(=O)C(=O)NC[C@H](c2ccc(F)cc2)[NH+]2CC[NH+](C)CC2)cc1. The molecule has 166 valence electrons. The van der Waals surface area contributed by atoms with Crippen LogP contribution in [0, 0.1) is 5.82 Å². The number of rotatable bonds is 6. The van der Waals surface area contributed by atoms with E-state index < -0.39 is 11.8 Å². The van der Waals surface area contributed by atoms with Gasteiger partial charge in [-0.2, -0.15) is 0 Å². The molecule has 0 aliphatic carbocycles. The highest BCUT2D eigenvalue weighted by Crippen LogP contribution is 2.15. The van der Waals surface area contributed by atoms with E-state index in [2.05, 4.69) is 17.7 Å². The van der Waals surface area contributed by atoms with E-state index in [1.54, 1.807) is 24.3 Å². The van der Waals surface area contributed by atoms with Crippen LogP contribution in [0.4, 0.5) is 15.8 Å². The van der Waals surface area contributed by atoms with E-state index in [9.17, 15) is 14.0 Å². The monoisotopic (exact) mass is 429 g/mol. The van der Waals surface area contributed by atoms with Gasteiger partial charge in [0, 0.05) is 31.0 Å². The van der Waals surface area contributed by atoms with Gasteiger partial charge >= 0.3 is 11.8 Å². The third-order valence-electron chi connectivity index (χ3n) is 5.83. The minimum atomic E-state index is -0.701. The van der Waals surface area contributed by atoms with E-state index in [-0.39, 0.29) is 11.9 Å². The van der Waals surface area contributed by atoms with Crippen molar-refractivity contribution in [2.45, 2.75) is 6.04 Å². The molecule has 2 aromatic rings. The quantitative estimate of drug-likeness (QED) is 0.450. The molecule has 0 unspecified atom stereocenters. The minimum Gasteiger partial charge on any atom is -0.378 e. The van der Waals surface area contributed by atoms with Gasteiger partial charge in [0.25, 0.3) is 0 Å². The lowest BCUT2D eigenvalue weighted by Crippen LogP contribution is -3.27. The number of nitrogens with zero attached hydrogens (tertiary/aromatic N) is 1. The summed E-state index contributed by atoms with van der Waals surface area (Å²) in [4.78, 5) is 29.6. The zero-order valence-electron chi connectivity index (χ0n) is 18.4. The average molecular weight is 430 g/mol. The predicted octanol–water partition coefficient (Wildman–Crippen LogP) is -0.899. The van der Waals surface area contributed by atoms with Crippen LogP contribution in [0.15, 0.2) is 48.5 Å². The van der Waals surface area contributed by atoms with Crippen molar-refractivity contribution in [1.29, 1.82) is 0 Å². The van der Waals surface area contributed by atoms with E-state index in [0.29, 0.717) is 12.2 Å². The van der Waals surface area contributed by atoms with Gasteiger partial charge in [0.1, 0.15) is 38.0 Å². The van der Waals surface area contributed by atoms with Crippen LogP contribution >= 0.6 is 0 Å². The largest absolute Gasteiger partial charge is 0.378 e. The lowest BCUT2D eigenvalue weighted by atomic mass is 10.0. The number of halogens is 1. The molecule has 2 amide bonds. The van der Waals surface area contributed by atoms with E-state index in [4.69, 9.17) is 0 Å². The van der Waals surface area contributed by atoms with E-state index in [0.717, 1.165) is 37.4 Å². The van der Waals surface area contributed by atoms with Gasteiger partial charge in [-0.3, -0.25) is 9.59 Å². The summed E-state index contributed by atoms with van der Waals surface area (Å²) in [6, 6.07) is 13.6. The summed E-state index contributed by atoms with van der Waals surface area (Å²) in [6.45, 7) is 4.28. The lowest BCUT2D eigenvalue weighted by molar-refractivity contribution is -1.02. The van der Waals surface area contributed by atoms with Crippen LogP contribution in [-0.2, 0) is 9.59 Å². The van der Waals surface area contributed by atoms with Gasteiger partial charge in [0.05, 0.1) is 13.6 Å². The Hall–Kier alpha value is -2.97. The third kappa shape index (κ3) is 6.26. The zero-order valence-corrected chi connectivity index (χ0v) is 18.4. The Kier molecular flexibility index (Phi) is 7.59. The molecule has 1 aliphatic heterocycles. The van der Waals surface area contributed by atoms with Crippen molar-refractivity contribution >= 4 is 23.2 Å². The first-order valence-electron chi connectivity index (χ1n) is 10.6. The van der Waals surface area contributed by atoms with Gasteiger partial charge < -0.3 is 25.3 Å². The minimum absolute atomic E-state index is 0.0372. The predicted molar refractivity (Wildman–Crippen MR) is 119 cm³/mol. The topological polar surface area (TPSA) is 70.3 Å². The van der Waals surface area contributed by atoms with Gasteiger partial charge in [-0.1, -0.05) is 12.1 Å². The number of hydrogen-bond acceptors (Lipinski definition) is 3. The highest BCUT2D eigenvalue weighted by atomic mass is 19.1. The molecule has 31 heavy (non-hydrogen) atoms. The Labute approximate surface area is 182 Å². The van der Waals surface area contributed by atoms with Crippen LogP contribution in [0.25, 0.3) is 0 Å².